The van der Waals surface area contributed by atoms with Gasteiger partial charge >= 0.3 is 0 Å². The summed E-state index contributed by atoms with van der Waals surface area (Å²) in [5, 5.41) is 9.82. The lowest BCUT2D eigenvalue weighted by atomic mass is 9.92. The summed E-state index contributed by atoms with van der Waals surface area (Å²) in [5.74, 6) is 0. The predicted molar refractivity (Wildman–Crippen MR) is 263 cm³/mol. The summed E-state index contributed by atoms with van der Waals surface area (Å²) in [5.41, 5.74) is 14.1. The van der Waals surface area contributed by atoms with Crippen LogP contribution in [0.4, 0.5) is 17.1 Å². The van der Waals surface area contributed by atoms with Crippen molar-refractivity contribution in [1.29, 1.82) is 0 Å². The van der Waals surface area contributed by atoms with Gasteiger partial charge in [-0.3, -0.25) is 0 Å². The van der Waals surface area contributed by atoms with Crippen LogP contribution in [0.25, 0.3) is 98.8 Å². The van der Waals surface area contributed by atoms with Crippen LogP contribution in [0.3, 0.4) is 0 Å². The van der Waals surface area contributed by atoms with Crippen LogP contribution in [0, 0.1) is 0 Å². The second-order valence-corrected chi connectivity index (χ2v) is 16.0. The van der Waals surface area contributed by atoms with E-state index < -0.39 is 0 Å². The molecule has 12 rings (SSSR count). The number of fused-ring (bicyclic) bond motifs is 9. The van der Waals surface area contributed by atoms with Gasteiger partial charge in [-0.15, -0.1) is 0 Å². The molecule has 1 heterocycles. The third-order valence-corrected chi connectivity index (χ3v) is 12.5. The summed E-state index contributed by atoms with van der Waals surface area (Å²) in [6.45, 7) is 0. The van der Waals surface area contributed by atoms with E-state index in [0.717, 1.165) is 66.8 Å². The molecule has 0 amide bonds. The smallest absolute Gasteiger partial charge is 0.145 e. The van der Waals surface area contributed by atoms with Crippen molar-refractivity contribution in [3.8, 4) is 44.5 Å². The molecule has 0 radical (unpaired) electrons. The number of hydrogen-bond donors (Lipinski definition) is 0. The highest BCUT2D eigenvalue weighted by atomic mass is 16.3. The topological polar surface area (TPSA) is 16.4 Å². The average Bonchev–Trinajstić information content (AvgIpc) is 3.75. The molecule has 0 unspecified atom stereocenters. The van der Waals surface area contributed by atoms with Gasteiger partial charge in [0.05, 0.1) is 16.8 Å². The molecular formula is C60H39NO. The molecule has 0 bridgehead atoms. The van der Waals surface area contributed by atoms with Crippen molar-refractivity contribution >= 4 is 71.3 Å². The van der Waals surface area contributed by atoms with Gasteiger partial charge in [0.25, 0.3) is 0 Å². The Bertz CT molecular complexity index is 3570. The fourth-order valence-electron chi connectivity index (χ4n) is 9.53. The minimum absolute atomic E-state index is 0.865. The number of hydrogen-bond acceptors (Lipinski definition) is 2. The normalized spacial score (nSPS) is 11.5. The first kappa shape index (κ1) is 35.7. The summed E-state index contributed by atoms with van der Waals surface area (Å²) in [4.78, 5) is 2.42. The molecule has 11 aromatic carbocycles. The van der Waals surface area contributed by atoms with Crippen LogP contribution in [-0.2, 0) is 0 Å². The first-order chi connectivity index (χ1) is 30.8. The van der Waals surface area contributed by atoms with E-state index in [-0.39, 0.29) is 0 Å². The Kier molecular flexibility index (Phi) is 8.53. The molecule has 0 spiro atoms. The minimum atomic E-state index is 0.865. The van der Waals surface area contributed by atoms with Crippen LogP contribution in [-0.4, -0.2) is 0 Å². The van der Waals surface area contributed by atoms with E-state index in [0.29, 0.717) is 0 Å². The lowest BCUT2D eigenvalue weighted by Crippen LogP contribution is -2.11. The van der Waals surface area contributed by atoms with E-state index in [1.807, 2.05) is 0 Å². The SMILES string of the molecule is c1ccc(-c2ccc(-c3ccccc3N(c3ccc(-c4ccc5c6ccccc6c6ccccc6c5c4)cc3)c3ccc(-c4ccccc4)c4oc5ccccc5c34)cc2)cc1. The predicted octanol–water partition coefficient (Wildman–Crippen LogP) is 17.2. The van der Waals surface area contributed by atoms with Crippen LogP contribution < -0.4 is 4.90 Å². The zero-order valence-corrected chi connectivity index (χ0v) is 33.9. The summed E-state index contributed by atoms with van der Waals surface area (Å²) in [6, 6.07) is 85.3. The maximum absolute atomic E-state index is 6.81. The fourth-order valence-corrected chi connectivity index (χ4v) is 9.53. The molecule has 0 saturated carbocycles. The van der Waals surface area contributed by atoms with Crippen molar-refractivity contribution in [2.24, 2.45) is 0 Å². The molecule has 0 fully saturated rings. The standard InChI is InChI=1S/C60H39NO/c1-3-15-40(16-4-1)41-27-29-44(30-28-41)47-19-11-13-25-56(47)61(57-38-37-48(43-17-5-2-6-18-43)60-59(57)54-24-12-14-26-58(54)62-60)46-34-31-42(32-35-46)45-33-36-53-51-22-8-7-20-49(51)50-21-9-10-23-52(50)55(53)39-45/h1-39H. The number of benzene rings is 11. The number of para-hydroxylation sites is 2. The van der Waals surface area contributed by atoms with Gasteiger partial charge in [0.2, 0.25) is 0 Å². The van der Waals surface area contributed by atoms with Crippen LogP contribution in [0.2, 0.25) is 0 Å². The van der Waals surface area contributed by atoms with E-state index in [2.05, 4.69) is 241 Å². The Morgan fingerprint density at radius 3 is 1.44 bits per heavy atom. The quantitative estimate of drug-likeness (QED) is 0.150. The van der Waals surface area contributed by atoms with E-state index >= 15 is 0 Å². The molecule has 0 aliphatic rings. The molecule has 0 aliphatic heterocycles. The minimum Gasteiger partial charge on any atom is -0.455 e. The molecule has 290 valence electrons. The Morgan fingerprint density at radius 1 is 0.274 bits per heavy atom. The maximum atomic E-state index is 6.81. The number of anilines is 3. The molecule has 12 aromatic rings. The van der Waals surface area contributed by atoms with Gasteiger partial charge in [0.1, 0.15) is 11.2 Å². The number of rotatable bonds is 7. The summed E-state index contributed by atoms with van der Waals surface area (Å²) < 4.78 is 6.81. The first-order valence-electron chi connectivity index (χ1n) is 21.3. The lowest BCUT2D eigenvalue weighted by molar-refractivity contribution is 0.670. The molecule has 62 heavy (non-hydrogen) atoms. The Morgan fingerprint density at radius 2 is 0.742 bits per heavy atom. The Hall–Kier alpha value is -8.20. The molecule has 0 saturated heterocycles. The summed E-state index contributed by atoms with van der Waals surface area (Å²) >= 11 is 0. The molecule has 0 N–H and O–H groups in total. The van der Waals surface area contributed by atoms with Crippen molar-refractivity contribution in [2.45, 2.75) is 0 Å². The van der Waals surface area contributed by atoms with Crippen LogP contribution >= 0.6 is 0 Å². The number of nitrogens with zero attached hydrogens (tertiary/aromatic N) is 1. The van der Waals surface area contributed by atoms with Crippen molar-refractivity contribution in [3.05, 3.63) is 237 Å². The van der Waals surface area contributed by atoms with Crippen molar-refractivity contribution in [3.63, 3.8) is 0 Å². The highest BCUT2D eigenvalue weighted by molar-refractivity contribution is 6.26. The molecule has 1 aromatic heterocycles. The molecule has 0 atom stereocenters. The van der Waals surface area contributed by atoms with E-state index in [1.54, 1.807) is 0 Å². The number of furan rings is 1. The van der Waals surface area contributed by atoms with Gasteiger partial charge in [0, 0.05) is 22.2 Å². The lowest BCUT2D eigenvalue weighted by Gasteiger charge is -2.29. The highest BCUT2D eigenvalue weighted by Crippen LogP contribution is 2.48. The summed E-state index contributed by atoms with van der Waals surface area (Å²) in [7, 11) is 0. The van der Waals surface area contributed by atoms with Gasteiger partial charge in [-0.25, -0.2) is 0 Å². The Labute approximate surface area is 360 Å². The molecule has 2 heteroatoms. The molecule has 0 aliphatic carbocycles. The van der Waals surface area contributed by atoms with Crippen molar-refractivity contribution in [1.82, 2.24) is 0 Å². The maximum Gasteiger partial charge on any atom is 0.145 e. The summed E-state index contributed by atoms with van der Waals surface area (Å²) in [6.07, 6.45) is 0. The van der Waals surface area contributed by atoms with E-state index in [1.165, 1.54) is 49.0 Å². The van der Waals surface area contributed by atoms with Crippen molar-refractivity contribution in [2.75, 3.05) is 4.90 Å². The first-order valence-corrected chi connectivity index (χ1v) is 21.3. The molecule has 2 nitrogen and oxygen atoms in total. The van der Waals surface area contributed by atoms with Gasteiger partial charge in [-0.1, -0.05) is 194 Å². The largest absolute Gasteiger partial charge is 0.455 e. The van der Waals surface area contributed by atoms with Crippen LogP contribution in [0.5, 0.6) is 0 Å². The molecular weight excluding hydrogens is 751 g/mol. The van der Waals surface area contributed by atoms with E-state index in [4.69, 9.17) is 4.42 Å². The van der Waals surface area contributed by atoms with Crippen LogP contribution in [0.1, 0.15) is 0 Å². The average molecular weight is 790 g/mol. The third-order valence-electron chi connectivity index (χ3n) is 12.5. The zero-order valence-electron chi connectivity index (χ0n) is 33.9. The van der Waals surface area contributed by atoms with Crippen LogP contribution in [0.15, 0.2) is 241 Å². The second kappa shape index (κ2) is 14.8. The Balaban J connectivity index is 1.05. The highest BCUT2D eigenvalue weighted by Gasteiger charge is 2.24. The van der Waals surface area contributed by atoms with Gasteiger partial charge < -0.3 is 9.32 Å². The van der Waals surface area contributed by atoms with Gasteiger partial charge in [-0.05, 0) is 108 Å². The zero-order chi connectivity index (χ0) is 41.0. The van der Waals surface area contributed by atoms with Gasteiger partial charge in [-0.2, -0.15) is 0 Å². The van der Waals surface area contributed by atoms with Crippen molar-refractivity contribution < 1.29 is 4.42 Å². The van der Waals surface area contributed by atoms with E-state index in [9.17, 15) is 0 Å². The second-order valence-electron chi connectivity index (χ2n) is 16.0. The monoisotopic (exact) mass is 789 g/mol. The third kappa shape index (κ3) is 5.96. The van der Waals surface area contributed by atoms with Gasteiger partial charge in [0.15, 0.2) is 0 Å². The fraction of sp³-hybridized carbons (Fsp3) is 0.